The Labute approximate surface area is 136 Å². The molecule has 0 spiro atoms. The molecule has 0 unspecified atom stereocenters. The van der Waals surface area contributed by atoms with Gasteiger partial charge in [-0.05, 0) is 36.3 Å². The van der Waals surface area contributed by atoms with Gasteiger partial charge in [-0.25, -0.2) is 5.10 Å². The number of H-pyrrole nitrogens is 1. The van der Waals surface area contributed by atoms with E-state index in [0.29, 0.717) is 22.5 Å². The topological polar surface area (TPSA) is 55.1 Å². The fourth-order valence-corrected chi connectivity index (χ4v) is 3.09. The minimum absolute atomic E-state index is 0.0435. The van der Waals surface area contributed by atoms with Crippen molar-refractivity contribution in [1.29, 1.82) is 0 Å². The quantitative estimate of drug-likeness (QED) is 0.590. The van der Waals surface area contributed by atoms with Gasteiger partial charge < -0.3 is 0 Å². The zero-order valence-corrected chi connectivity index (χ0v) is 13.1. The van der Waals surface area contributed by atoms with E-state index in [2.05, 4.69) is 22.3 Å². The van der Waals surface area contributed by atoms with Crippen LogP contribution in [0.2, 0.25) is 0 Å². The van der Waals surface area contributed by atoms with Crippen molar-refractivity contribution in [2.24, 2.45) is 0 Å². The van der Waals surface area contributed by atoms with Gasteiger partial charge in [0.15, 0.2) is 0 Å². The number of rotatable bonds is 3. The van der Waals surface area contributed by atoms with E-state index in [9.17, 15) is 4.79 Å². The predicted octanol–water partition coefficient (Wildman–Crippen LogP) is 2.95. The SMILES string of the molecule is O=c1c2ccccc2n2c(=S)[nH]nc2n1CCc1ccccc1. The van der Waals surface area contributed by atoms with Crippen LogP contribution in [-0.4, -0.2) is 19.2 Å². The van der Waals surface area contributed by atoms with Crippen molar-refractivity contribution in [3.05, 3.63) is 75.3 Å². The molecule has 2 heterocycles. The first kappa shape index (κ1) is 13.9. The second-order valence-corrected chi connectivity index (χ2v) is 5.76. The van der Waals surface area contributed by atoms with Gasteiger partial charge in [-0.1, -0.05) is 42.5 Å². The summed E-state index contributed by atoms with van der Waals surface area (Å²) in [6.07, 6.45) is 0.758. The molecule has 0 aliphatic heterocycles. The van der Waals surface area contributed by atoms with Crippen LogP contribution in [-0.2, 0) is 13.0 Å². The van der Waals surface area contributed by atoms with E-state index in [-0.39, 0.29) is 5.56 Å². The van der Waals surface area contributed by atoms with Crippen LogP contribution in [0.1, 0.15) is 5.56 Å². The molecule has 0 aliphatic carbocycles. The highest BCUT2D eigenvalue weighted by atomic mass is 32.1. The number of hydrogen-bond donors (Lipinski definition) is 1. The summed E-state index contributed by atoms with van der Waals surface area (Å²) < 4.78 is 3.99. The Bertz CT molecular complexity index is 1110. The molecule has 114 valence electrons. The number of fused-ring (bicyclic) bond motifs is 3. The molecule has 0 atom stereocenters. The van der Waals surface area contributed by atoms with E-state index >= 15 is 0 Å². The molecular formula is C17H14N4OS. The average molecular weight is 322 g/mol. The van der Waals surface area contributed by atoms with Gasteiger partial charge in [0.2, 0.25) is 10.5 Å². The largest absolute Gasteiger partial charge is 0.276 e. The molecule has 2 aromatic carbocycles. The van der Waals surface area contributed by atoms with Gasteiger partial charge in [0, 0.05) is 6.54 Å². The Morgan fingerprint density at radius 1 is 1.04 bits per heavy atom. The Kier molecular flexibility index (Phi) is 3.31. The van der Waals surface area contributed by atoms with Crippen molar-refractivity contribution in [3.63, 3.8) is 0 Å². The fraction of sp³-hybridized carbons (Fsp3) is 0.118. The van der Waals surface area contributed by atoms with E-state index in [1.54, 1.807) is 4.57 Å². The number of para-hydroxylation sites is 1. The first-order chi connectivity index (χ1) is 11.3. The minimum atomic E-state index is -0.0435. The number of aromatic nitrogens is 4. The second-order valence-electron chi connectivity index (χ2n) is 5.37. The molecule has 6 heteroatoms. The molecule has 0 saturated heterocycles. The monoisotopic (exact) mass is 322 g/mol. The molecule has 4 rings (SSSR count). The summed E-state index contributed by atoms with van der Waals surface area (Å²) in [7, 11) is 0. The Balaban J connectivity index is 1.93. The number of nitrogens with one attached hydrogen (secondary N) is 1. The predicted molar refractivity (Wildman–Crippen MR) is 92.3 cm³/mol. The summed E-state index contributed by atoms with van der Waals surface area (Å²) in [5.74, 6) is 0.551. The Hall–Kier alpha value is -2.73. The molecule has 0 aliphatic rings. The van der Waals surface area contributed by atoms with Crippen LogP contribution < -0.4 is 5.56 Å². The summed E-state index contributed by atoms with van der Waals surface area (Å²) >= 11 is 5.32. The van der Waals surface area contributed by atoms with Crippen molar-refractivity contribution in [1.82, 2.24) is 19.2 Å². The summed E-state index contributed by atoms with van der Waals surface area (Å²) in [5, 5.41) is 7.68. The molecule has 0 radical (unpaired) electrons. The van der Waals surface area contributed by atoms with Crippen LogP contribution >= 0.6 is 12.2 Å². The van der Waals surface area contributed by atoms with E-state index in [4.69, 9.17) is 12.2 Å². The van der Waals surface area contributed by atoms with Crippen LogP contribution in [0.25, 0.3) is 16.7 Å². The molecule has 4 aromatic rings. The van der Waals surface area contributed by atoms with E-state index in [1.807, 2.05) is 46.9 Å². The summed E-state index contributed by atoms with van der Waals surface area (Å²) in [6, 6.07) is 17.6. The summed E-state index contributed by atoms with van der Waals surface area (Å²) in [4.78, 5) is 12.8. The maximum Gasteiger partial charge on any atom is 0.262 e. The van der Waals surface area contributed by atoms with Crippen LogP contribution in [0.5, 0.6) is 0 Å². The van der Waals surface area contributed by atoms with Crippen molar-refractivity contribution < 1.29 is 0 Å². The lowest BCUT2D eigenvalue weighted by atomic mass is 10.1. The lowest BCUT2D eigenvalue weighted by Crippen LogP contribution is -2.24. The van der Waals surface area contributed by atoms with Crippen molar-refractivity contribution in [2.75, 3.05) is 0 Å². The Morgan fingerprint density at radius 2 is 1.78 bits per heavy atom. The zero-order chi connectivity index (χ0) is 15.8. The molecular weight excluding hydrogens is 308 g/mol. The first-order valence-electron chi connectivity index (χ1n) is 7.38. The third-order valence-electron chi connectivity index (χ3n) is 3.98. The lowest BCUT2D eigenvalue weighted by molar-refractivity contribution is 0.678. The average Bonchev–Trinajstić information content (AvgIpc) is 2.97. The van der Waals surface area contributed by atoms with E-state index in [1.165, 1.54) is 5.56 Å². The van der Waals surface area contributed by atoms with Crippen LogP contribution in [0, 0.1) is 4.77 Å². The normalized spacial score (nSPS) is 11.3. The highest BCUT2D eigenvalue weighted by molar-refractivity contribution is 7.71. The number of aryl methyl sites for hydroxylation is 2. The minimum Gasteiger partial charge on any atom is -0.276 e. The summed E-state index contributed by atoms with van der Waals surface area (Å²) in [5.41, 5.74) is 1.92. The van der Waals surface area contributed by atoms with Gasteiger partial charge in [-0.2, -0.15) is 0 Å². The van der Waals surface area contributed by atoms with E-state index < -0.39 is 0 Å². The van der Waals surface area contributed by atoms with Gasteiger partial charge >= 0.3 is 0 Å². The maximum absolute atomic E-state index is 12.8. The lowest BCUT2D eigenvalue weighted by Gasteiger charge is -2.10. The summed E-state index contributed by atoms with van der Waals surface area (Å²) in [6.45, 7) is 0.552. The standard InChI is InChI=1S/C17H14N4OS/c22-15-13-8-4-5-9-14(13)21-16(18-19-17(21)23)20(15)11-10-12-6-2-1-3-7-12/h1-9H,10-11H2,(H,19,23). The molecule has 23 heavy (non-hydrogen) atoms. The Morgan fingerprint density at radius 3 is 2.61 bits per heavy atom. The number of hydrogen-bond acceptors (Lipinski definition) is 3. The number of nitrogens with zero attached hydrogens (tertiary/aromatic N) is 3. The molecule has 0 amide bonds. The van der Waals surface area contributed by atoms with Crippen molar-refractivity contribution in [2.45, 2.75) is 13.0 Å². The molecule has 5 nitrogen and oxygen atoms in total. The number of aromatic amines is 1. The molecule has 1 N–H and O–H groups in total. The molecule has 0 saturated carbocycles. The molecule has 0 fully saturated rings. The smallest absolute Gasteiger partial charge is 0.262 e. The van der Waals surface area contributed by atoms with Crippen LogP contribution in [0.15, 0.2) is 59.4 Å². The van der Waals surface area contributed by atoms with Gasteiger partial charge in [0.25, 0.3) is 5.56 Å². The highest BCUT2D eigenvalue weighted by Gasteiger charge is 2.12. The van der Waals surface area contributed by atoms with Crippen molar-refractivity contribution in [3.8, 4) is 0 Å². The zero-order valence-electron chi connectivity index (χ0n) is 12.3. The van der Waals surface area contributed by atoms with Crippen LogP contribution in [0.3, 0.4) is 0 Å². The molecule has 0 bridgehead atoms. The van der Waals surface area contributed by atoms with Crippen molar-refractivity contribution >= 4 is 28.9 Å². The van der Waals surface area contributed by atoms with Gasteiger partial charge in [-0.15, -0.1) is 5.10 Å². The van der Waals surface area contributed by atoms with Gasteiger partial charge in [0.05, 0.1) is 10.9 Å². The molecule has 2 aromatic heterocycles. The van der Waals surface area contributed by atoms with Crippen LogP contribution in [0.4, 0.5) is 0 Å². The second kappa shape index (κ2) is 5.48. The number of benzene rings is 2. The highest BCUT2D eigenvalue weighted by Crippen LogP contribution is 2.13. The van der Waals surface area contributed by atoms with Gasteiger partial charge in [-0.3, -0.25) is 13.8 Å². The maximum atomic E-state index is 12.8. The third-order valence-corrected chi connectivity index (χ3v) is 4.26. The fourth-order valence-electron chi connectivity index (χ4n) is 2.86. The van der Waals surface area contributed by atoms with E-state index in [0.717, 1.165) is 11.9 Å². The van der Waals surface area contributed by atoms with Gasteiger partial charge in [0.1, 0.15) is 0 Å². The third kappa shape index (κ3) is 2.27. The first-order valence-corrected chi connectivity index (χ1v) is 7.79.